The average molecular weight is 210 g/mol. The molecule has 1 aliphatic heterocycles. The molecule has 3 N–H and O–H groups in total. The number of aliphatic imine (C=N–C) groups is 1. The predicted molar refractivity (Wildman–Crippen MR) is 56.2 cm³/mol. The summed E-state index contributed by atoms with van der Waals surface area (Å²) in [6.45, 7) is 0.644. The van der Waals surface area contributed by atoms with E-state index in [9.17, 15) is 0 Å². The third-order valence-electron chi connectivity index (χ3n) is 1.63. The number of nitrogens with one attached hydrogen (secondary N) is 2. The molecule has 5 nitrogen and oxygen atoms in total. The highest BCUT2D eigenvalue weighted by Gasteiger charge is 2.04. The van der Waals surface area contributed by atoms with E-state index in [2.05, 4.69) is 20.6 Å². The van der Waals surface area contributed by atoms with E-state index >= 15 is 0 Å². The largest absolute Gasteiger partial charge is 0.390 e. The van der Waals surface area contributed by atoms with E-state index in [0.717, 1.165) is 5.13 Å². The van der Waals surface area contributed by atoms with Crippen molar-refractivity contribution in [2.75, 3.05) is 11.9 Å². The fourth-order valence-corrected chi connectivity index (χ4v) is 1.69. The quantitative estimate of drug-likeness (QED) is 0.665. The maximum atomic E-state index is 8.82. The number of thiazole rings is 1. The Labute approximate surface area is 85.2 Å². The SMILES string of the molecule is OCc1csc(NC2=NCC=CN2)n1. The molecule has 0 aliphatic carbocycles. The summed E-state index contributed by atoms with van der Waals surface area (Å²) in [6.07, 6.45) is 3.75. The molecule has 2 heterocycles. The number of aliphatic hydroxyl groups excluding tert-OH is 1. The van der Waals surface area contributed by atoms with Gasteiger partial charge in [-0.1, -0.05) is 0 Å². The zero-order valence-electron chi connectivity index (χ0n) is 7.40. The first-order valence-electron chi connectivity index (χ1n) is 4.17. The van der Waals surface area contributed by atoms with Crippen LogP contribution in [0, 0.1) is 0 Å². The third-order valence-corrected chi connectivity index (χ3v) is 2.44. The number of rotatable bonds is 2. The molecule has 0 unspecified atom stereocenters. The standard InChI is InChI=1S/C8H10N4OS/c13-4-6-5-14-8(11-6)12-7-9-2-1-3-10-7/h1-2,5,13H,3-4H2,(H2,9,10,11,12). The molecule has 1 aromatic heterocycles. The van der Waals surface area contributed by atoms with Crippen molar-refractivity contribution in [2.24, 2.45) is 4.99 Å². The Bertz CT molecular complexity index is 371. The van der Waals surface area contributed by atoms with Gasteiger partial charge >= 0.3 is 0 Å². The van der Waals surface area contributed by atoms with Crippen LogP contribution in [-0.2, 0) is 6.61 Å². The van der Waals surface area contributed by atoms with E-state index in [1.165, 1.54) is 11.3 Å². The van der Waals surface area contributed by atoms with Crippen LogP contribution in [0.3, 0.4) is 0 Å². The fourth-order valence-electron chi connectivity index (χ4n) is 0.994. The molecule has 1 aromatic rings. The minimum Gasteiger partial charge on any atom is -0.390 e. The van der Waals surface area contributed by atoms with Gasteiger partial charge in [0.25, 0.3) is 0 Å². The summed E-state index contributed by atoms with van der Waals surface area (Å²) >= 11 is 1.44. The summed E-state index contributed by atoms with van der Waals surface area (Å²) in [6, 6.07) is 0. The Morgan fingerprint density at radius 3 is 3.21 bits per heavy atom. The molecule has 14 heavy (non-hydrogen) atoms. The summed E-state index contributed by atoms with van der Waals surface area (Å²) in [7, 11) is 0. The first kappa shape index (κ1) is 9.17. The molecule has 74 valence electrons. The van der Waals surface area contributed by atoms with Gasteiger partial charge in [-0.2, -0.15) is 0 Å². The molecule has 0 spiro atoms. The van der Waals surface area contributed by atoms with Gasteiger partial charge in [-0.05, 0) is 6.08 Å². The summed E-state index contributed by atoms with van der Waals surface area (Å²) in [4.78, 5) is 8.31. The van der Waals surface area contributed by atoms with Gasteiger partial charge in [0.2, 0.25) is 5.96 Å². The number of aromatic nitrogens is 1. The van der Waals surface area contributed by atoms with Crippen LogP contribution in [0.25, 0.3) is 0 Å². The molecule has 0 radical (unpaired) electrons. The minimum atomic E-state index is -0.0298. The van der Waals surface area contributed by atoms with E-state index in [0.29, 0.717) is 18.2 Å². The highest BCUT2D eigenvalue weighted by molar-refractivity contribution is 7.13. The van der Waals surface area contributed by atoms with Crippen LogP contribution in [-0.4, -0.2) is 22.6 Å². The Morgan fingerprint density at radius 1 is 1.64 bits per heavy atom. The molecule has 0 saturated heterocycles. The Hall–Kier alpha value is -1.40. The summed E-state index contributed by atoms with van der Waals surface area (Å²) in [5.74, 6) is 0.686. The van der Waals surface area contributed by atoms with Gasteiger partial charge in [0.1, 0.15) is 0 Å². The number of aliphatic hydroxyl groups is 1. The molecule has 0 saturated carbocycles. The van der Waals surface area contributed by atoms with E-state index in [-0.39, 0.29) is 6.61 Å². The van der Waals surface area contributed by atoms with Gasteiger partial charge in [-0.15, -0.1) is 11.3 Å². The highest BCUT2D eigenvalue weighted by Crippen LogP contribution is 2.15. The predicted octanol–water partition coefficient (Wildman–Crippen LogP) is 0.520. The molecule has 0 aromatic carbocycles. The van der Waals surface area contributed by atoms with Crippen LogP contribution in [0.1, 0.15) is 5.69 Å². The van der Waals surface area contributed by atoms with Gasteiger partial charge in [-0.25, -0.2) is 9.98 Å². The average Bonchev–Trinajstić information content (AvgIpc) is 2.67. The second kappa shape index (κ2) is 4.21. The van der Waals surface area contributed by atoms with Crippen molar-refractivity contribution >= 4 is 22.4 Å². The van der Waals surface area contributed by atoms with E-state index in [1.807, 2.05) is 17.7 Å². The van der Waals surface area contributed by atoms with Crippen molar-refractivity contribution in [1.82, 2.24) is 10.3 Å². The number of nitrogens with zero attached hydrogens (tertiary/aromatic N) is 2. The number of hydrogen-bond acceptors (Lipinski definition) is 6. The Balaban J connectivity index is 1.99. The fraction of sp³-hybridized carbons (Fsp3) is 0.250. The monoisotopic (exact) mass is 210 g/mol. The molecule has 2 rings (SSSR count). The third kappa shape index (κ3) is 2.09. The summed E-state index contributed by atoms with van der Waals surface area (Å²) < 4.78 is 0. The molecule has 6 heteroatoms. The summed E-state index contributed by atoms with van der Waals surface area (Å²) in [5.41, 5.74) is 0.671. The van der Waals surface area contributed by atoms with Gasteiger partial charge in [-0.3, -0.25) is 0 Å². The van der Waals surface area contributed by atoms with Crippen molar-refractivity contribution in [3.63, 3.8) is 0 Å². The molecule has 0 fully saturated rings. The zero-order chi connectivity index (χ0) is 9.80. The van der Waals surface area contributed by atoms with Gasteiger partial charge in [0.05, 0.1) is 18.8 Å². The smallest absolute Gasteiger partial charge is 0.201 e. The number of hydrogen-bond donors (Lipinski definition) is 3. The summed E-state index contributed by atoms with van der Waals surface area (Å²) in [5, 5.41) is 17.3. The topological polar surface area (TPSA) is 69.5 Å². The van der Waals surface area contributed by atoms with Crippen molar-refractivity contribution in [3.05, 3.63) is 23.3 Å². The van der Waals surface area contributed by atoms with E-state index in [1.54, 1.807) is 0 Å². The molecular formula is C8H10N4OS. The second-order valence-corrected chi connectivity index (χ2v) is 3.52. The van der Waals surface area contributed by atoms with E-state index < -0.39 is 0 Å². The van der Waals surface area contributed by atoms with Crippen molar-refractivity contribution < 1.29 is 5.11 Å². The Kier molecular flexibility index (Phi) is 2.76. The van der Waals surface area contributed by atoms with Crippen molar-refractivity contribution in [3.8, 4) is 0 Å². The van der Waals surface area contributed by atoms with Crippen molar-refractivity contribution in [1.29, 1.82) is 0 Å². The lowest BCUT2D eigenvalue weighted by Gasteiger charge is -2.09. The molecule has 0 amide bonds. The van der Waals surface area contributed by atoms with Crippen LogP contribution in [0.2, 0.25) is 0 Å². The molecule has 0 atom stereocenters. The van der Waals surface area contributed by atoms with Crippen molar-refractivity contribution in [2.45, 2.75) is 6.61 Å². The van der Waals surface area contributed by atoms with Crippen LogP contribution in [0.15, 0.2) is 22.6 Å². The lowest BCUT2D eigenvalue weighted by atomic mass is 10.5. The number of anilines is 1. The Morgan fingerprint density at radius 2 is 2.57 bits per heavy atom. The highest BCUT2D eigenvalue weighted by atomic mass is 32.1. The van der Waals surface area contributed by atoms with E-state index in [4.69, 9.17) is 5.11 Å². The number of guanidine groups is 1. The van der Waals surface area contributed by atoms with Crippen LogP contribution in [0.4, 0.5) is 5.13 Å². The first-order chi connectivity index (χ1) is 6.88. The maximum absolute atomic E-state index is 8.82. The molecular weight excluding hydrogens is 200 g/mol. The van der Waals surface area contributed by atoms with Gasteiger partial charge in [0, 0.05) is 11.6 Å². The second-order valence-electron chi connectivity index (χ2n) is 2.66. The normalized spacial score (nSPS) is 14.8. The van der Waals surface area contributed by atoms with Crippen LogP contribution < -0.4 is 10.6 Å². The molecule has 1 aliphatic rings. The van der Waals surface area contributed by atoms with Gasteiger partial charge < -0.3 is 15.7 Å². The first-order valence-corrected chi connectivity index (χ1v) is 5.05. The minimum absolute atomic E-state index is 0.0298. The van der Waals surface area contributed by atoms with Crippen LogP contribution >= 0.6 is 11.3 Å². The van der Waals surface area contributed by atoms with Crippen LogP contribution in [0.5, 0.6) is 0 Å². The maximum Gasteiger partial charge on any atom is 0.201 e. The zero-order valence-corrected chi connectivity index (χ0v) is 8.21. The molecule has 0 bridgehead atoms. The van der Waals surface area contributed by atoms with Gasteiger partial charge in [0.15, 0.2) is 5.13 Å². The lowest BCUT2D eigenvalue weighted by Crippen LogP contribution is -2.28. The lowest BCUT2D eigenvalue weighted by molar-refractivity contribution is 0.278.